The number of aliphatic carboxylic acids is 1. The van der Waals surface area contributed by atoms with Crippen molar-refractivity contribution < 1.29 is 23.1 Å². The zero-order valence-electron chi connectivity index (χ0n) is 15.6. The third-order valence-corrected chi connectivity index (χ3v) is 7.14. The summed E-state index contributed by atoms with van der Waals surface area (Å²) in [5.74, 6) is -1.83. The van der Waals surface area contributed by atoms with Gasteiger partial charge in [0.1, 0.15) is 6.04 Å². The number of hydrogen-bond donors (Lipinski definition) is 1. The van der Waals surface area contributed by atoms with Crippen molar-refractivity contribution in [1.29, 1.82) is 0 Å². The van der Waals surface area contributed by atoms with Gasteiger partial charge in [0.15, 0.2) is 5.78 Å². The van der Waals surface area contributed by atoms with Crippen molar-refractivity contribution in [3.63, 3.8) is 0 Å². The van der Waals surface area contributed by atoms with E-state index >= 15 is 0 Å². The van der Waals surface area contributed by atoms with Gasteiger partial charge in [0.25, 0.3) is 10.2 Å². The van der Waals surface area contributed by atoms with Gasteiger partial charge in [0.05, 0.1) is 0 Å². The van der Waals surface area contributed by atoms with Gasteiger partial charge < -0.3 is 5.11 Å². The van der Waals surface area contributed by atoms with Gasteiger partial charge in [-0.2, -0.15) is 17.0 Å². The van der Waals surface area contributed by atoms with Gasteiger partial charge in [-0.15, -0.1) is 0 Å². The van der Waals surface area contributed by atoms with Crippen LogP contribution in [0.5, 0.6) is 0 Å². The van der Waals surface area contributed by atoms with Gasteiger partial charge in [-0.05, 0) is 43.0 Å². The summed E-state index contributed by atoms with van der Waals surface area (Å²) in [6.07, 6.45) is 0.794. The highest BCUT2D eigenvalue weighted by atomic mass is 35.5. The molecular weight excluding hydrogens is 392 g/mol. The lowest BCUT2D eigenvalue weighted by Crippen LogP contribution is -2.53. The van der Waals surface area contributed by atoms with E-state index in [1.165, 1.54) is 11.4 Å². The molecule has 0 aromatic heterocycles. The van der Waals surface area contributed by atoms with Crippen molar-refractivity contribution in [3.05, 3.63) is 34.9 Å². The van der Waals surface area contributed by atoms with E-state index in [-0.39, 0.29) is 30.7 Å². The Balaban J connectivity index is 2.06. The molecule has 1 saturated heterocycles. The minimum atomic E-state index is -3.91. The summed E-state index contributed by atoms with van der Waals surface area (Å²) in [6.45, 7) is 3.70. The number of likely N-dealkylation sites (N-methyl/N-ethyl adjacent to an activating group) is 1. The number of carboxylic acids is 1. The molecule has 1 heterocycles. The van der Waals surface area contributed by atoms with Crippen LogP contribution in [0.15, 0.2) is 24.3 Å². The average molecular weight is 417 g/mol. The van der Waals surface area contributed by atoms with Gasteiger partial charge >= 0.3 is 5.97 Å². The SMILES string of the molecule is CC(C)[C@H](C(=O)O)N(C)S(=O)(=O)N1CCC(C(=O)c2ccc(Cl)cc2)CC1. The Morgan fingerprint density at radius 1 is 1.19 bits per heavy atom. The summed E-state index contributed by atoms with van der Waals surface area (Å²) in [5, 5.41) is 9.91. The van der Waals surface area contributed by atoms with E-state index in [9.17, 15) is 23.1 Å². The number of halogens is 1. The summed E-state index contributed by atoms with van der Waals surface area (Å²) in [7, 11) is -2.62. The number of rotatable bonds is 7. The lowest BCUT2D eigenvalue weighted by Gasteiger charge is -2.36. The first kappa shape index (κ1) is 21.8. The molecule has 1 aromatic carbocycles. The van der Waals surface area contributed by atoms with Crippen molar-refractivity contribution in [1.82, 2.24) is 8.61 Å². The van der Waals surface area contributed by atoms with Crippen LogP contribution < -0.4 is 0 Å². The molecule has 1 aliphatic heterocycles. The van der Waals surface area contributed by atoms with Crippen LogP contribution in [0.4, 0.5) is 0 Å². The zero-order valence-corrected chi connectivity index (χ0v) is 17.2. The average Bonchev–Trinajstić information content (AvgIpc) is 2.61. The summed E-state index contributed by atoms with van der Waals surface area (Å²) < 4.78 is 27.8. The number of nitrogens with zero attached hydrogens (tertiary/aromatic N) is 2. The van der Waals surface area contributed by atoms with Crippen LogP contribution in [0.1, 0.15) is 37.0 Å². The van der Waals surface area contributed by atoms with Crippen molar-refractivity contribution in [2.75, 3.05) is 20.1 Å². The Labute approximate surface area is 165 Å². The van der Waals surface area contributed by atoms with Gasteiger partial charge in [0.2, 0.25) is 0 Å². The predicted octanol–water partition coefficient (Wildman–Crippen LogP) is 2.52. The molecule has 1 atom stereocenters. The van der Waals surface area contributed by atoms with E-state index in [2.05, 4.69) is 0 Å². The minimum absolute atomic E-state index is 0.0253. The molecule has 2 rings (SSSR count). The molecule has 0 spiro atoms. The number of benzene rings is 1. The van der Waals surface area contributed by atoms with E-state index in [4.69, 9.17) is 11.6 Å². The van der Waals surface area contributed by atoms with Crippen molar-refractivity contribution in [2.45, 2.75) is 32.7 Å². The van der Waals surface area contributed by atoms with Gasteiger partial charge in [-0.25, -0.2) is 0 Å². The van der Waals surface area contributed by atoms with E-state index in [1.54, 1.807) is 38.1 Å². The second-order valence-corrected chi connectivity index (χ2v) is 9.52. The van der Waals surface area contributed by atoms with Crippen LogP contribution in [-0.4, -0.2) is 60.1 Å². The van der Waals surface area contributed by atoms with Crippen LogP contribution >= 0.6 is 11.6 Å². The number of piperidine rings is 1. The second kappa shape index (κ2) is 8.68. The molecule has 27 heavy (non-hydrogen) atoms. The van der Waals surface area contributed by atoms with E-state index in [0.717, 1.165) is 4.31 Å². The third kappa shape index (κ3) is 4.87. The molecule has 0 aliphatic carbocycles. The molecule has 1 fully saturated rings. The highest BCUT2D eigenvalue weighted by molar-refractivity contribution is 7.86. The molecule has 150 valence electrons. The summed E-state index contributed by atoms with van der Waals surface area (Å²) in [4.78, 5) is 24.0. The highest BCUT2D eigenvalue weighted by Gasteiger charge is 2.39. The molecule has 1 N–H and O–H groups in total. The maximum Gasteiger partial charge on any atom is 0.322 e. The van der Waals surface area contributed by atoms with Crippen molar-refractivity contribution in [2.24, 2.45) is 11.8 Å². The van der Waals surface area contributed by atoms with E-state index in [1.807, 2.05) is 0 Å². The zero-order chi connectivity index (χ0) is 20.4. The Morgan fingerprint density at radius 2 is 1.70 bits per heavy atom. The fourth-order valence-corrected chi connectivity index (χ4v) is 5.17. The molecule has 0 unspecified atom stereocenters. The molecule has 9 heteroatoms. The minimum Gasteiger partial charge on any atom is -0.480 e. The maximum atomic E-state index is 12.8. The van der Waals surface area contributed by atoms with Crippen LogP contribution in [-0.2, 0) is 15.0 Å². The molecule has 7 nitrogen and oxygen atoms in total. The number of carbonyl (C=O) groups is 2. The Kier molecular flexibility index (Phi) is 7.02. The van der Waals surface area contributed by atoms with Gasteiger partial charge in [-0.3, -0.25) is 9.59 Å². The maximum absolute atomic E-state index is 12.8. The first-order valence-corrected chi connectivity index (χ1v) is 10.6. The molecule has 1 aromatic rings. The third-order valence-electron chi connectivity index (χ3n) is 4.92. The second-order valence-electron chi connectivity index (χ2n) is 7.10. The smallest absolute Gasteiger partial charge is 0.322 e. The van der Waals surface area contributed by atoms with Crippen LogP contribution in [0.25, 0.3) is 0 Å². The summed E-state index contributed by atoms with van der Waals surface area (Å²) in [5.41, 5.74) is 0.559. The normalized spacial score (nSPS) is 18.0. The Hall–Kier alpha value is -1.48. The van der Waals surface area contributed by atoms with Crippen LogP contribution in [0, 0.1) is 11.8 Å². The highest BCUT2D eigenvalue weighted by Crippen LogP contribution is 2.26. The quantitative estimate of drug-likeness (QED) is 0.689. The predicted molar refractivity (Wildman–Crippen MR) is 103 cm³/mol. The first-order chi connectivity index (χ1) is 12.6. The molecular formula is C18H25ClN2O5S. The van der Waals surface area contributed by atoms with Gasteiger partial charge in [-0.1, -0.05) is 25.4 Å². The van der Waals surface area contributed by atoms with E-state index in [0.29, 0.717) is 23.4 Å². The Bertz CT molecular complexity index is 786. The molecule has 0 saturated carbocycles. The largest absolute Gasteiger partial charge is 0.480 e. The summed E-state index contributed by atoms with van der Waals surface area (Å²) in [6, 6.07) is 5.51. The number of Topliss-reactive ketones (excluding diaryl/α,β-unsaturated/α-hetero) is 1. The van der Waals surface area contributed by atoms with Gasteiger partial charge in [0, 0.05) is 36.6 Å². The summed E-state index contributed by atoms with van der Waals surface area (Å²) >= 11 is 5.84. The number of carboxylic acid groups (broad SMARTS) is 1. The molecule has 1 aliphatic rings. The van der Waals surface area contributed by atoms with Crippen LogP contribution in [0.2, 0.25) is 5.02 Å². The lowest BCUT2D eigenvalue weighted by atomic mass is 9.90. The van der Waals surface area contributed by atoms with E-state index < -0.39 is 22.2 Å². The molecule has 0 radical (unpaired) electrons. The number of carbonyl (C=O) groups excluding carboxylic acids is 1. The standard InChI is InChI=1S/C18H25ClN2O5S/c1-12(2)16(18(23)24)20(3)27(25,26)21-10-8-14(9-11-21)17(22)13-4-6-15(19)7-5-13/h4-7,12,14,16H,8-11H2,1-3H3,(H,23,24)/t16-/m1/s1. The Morgan fingerprint density at radius 3 is 2.15 bits per heavy atom. The lowest BCUT2D eigenvalue weighted by molar-refractivity contribution is -0.142. The fraction of sp³-hybridized carbons (Fsp3) is 0.556. The molecule has 0 bridgehead atoms. The van der Waals surface area contributed by atoms with Crippen LogP contribution in [0.3, 0.4) is 0 Å². The van der Waals surface area contributed by atoms with Crippen molar-refractivity contribution >= 4 is 33.6 Å². The number of ketones is 1. The number of hydrogen-bond acceptors (Lipinski definition) is 4. The monoisotopic (exact) mass is 416 g/mol. The molecule has 0 amide bonds. The fourth-order valence-electron chi connectivity index (χ4n) is 3.38. The first-order valence-electron chi connectivity index (χ1n) is 8.81. The van der Waals surface area contributed by atoms with Crippen molar-refractivity contribution in [3.8, 4) is 0 Å². The topological polar surface area (TPSA) is 95.0 Å².